The Kier molecular flexibility index (Phi) is 3.74. The number of carbonyl (C=O) groups is 1. The lowest BCUT2D eigenvalue weighted by atomic mass is 10.0. The minimum atomic E-state index is -0.252. The Balaban J connectivity index is 1.89. The second-order valence-corrected chi connectivity index (χ2v) is 5.56. The van der Waals surface area contributed by atoms with E-state index in [4.69, 9.17) is 0 Å². The Morgan fingerprint density at radius 2 is 2.00 bits per heavy atom. The van der Waals surface area contributed by atoms with Crippen LogP contribution in [0.2, 0.25) is 0 Å². The molecule has 3 heteroatoms. The molecule has 2 nitrogen and oxygen atoms in total. The highest BCUT2D eigenvalue weighted by atomic mass is 19.1. The molecule has 0 spiro atoms. The van der Waals surface area contributed by atoms with Crippen molar-refractivity contribution < 1.29 is 9.18 Å². The monoisotopic (exact) mass is 283 g/mol. The molecule has 0 unspecified atom stereocenters. The quantitative estimate of drug-likeness (QED) is 0.822. The molecule has 0 bridgehead atoms. The first kappa shape index (κ1) is 13.8. The van der Waals surface area contributed by atoms with Gasteiger partial charge in [-0.25, -0.2) is 4.39 Å². The molecular formula is C18H18FNO. The number of benzene rings is 2. The summed E-state index contributed by atoms with van der Waals surface area (Å²) in [7, 11) is 0. The molecule has 0 atom stereocenters. The van der Waals surface area contributed by atoms with Gasteiger partial charge in [0.25, 0.3) is 5.91 Å². The minimum absolute atomic E-state index is 0.0479. The third kappa shape index (κ3) is 2.82. The van der Waals surface area contributed by atoms with Crippen molar-refractivity contribution in [3.8, 4) is 0 Å². The van der Waals surface area contributed by atoms with Crippen molar-refractivity contribution in [2.75, 3.05) is 6.54 Å². The van der Waals surface area contributed by atoms with E-state index in [2.05, 4.69) is 0 Å². The van der Waals surface area contributed by atoms with Crippen LogP contribution in [0.5, 0.6) is 0 Å². The lowest BCUT2D eigenvalue weighted by molar-refractivity contribution is 0.0748. The van der Waals surface area contributed by atoms with Crippen LogP contribution in [0, 0.1) is 12.7 Å². The molecule has 1 aliphatic heterocycles. The third-order valence-electron chi connectivity index (χ3n) is 4.08. The summed E-state index contributed by atoms with van der Waals surface area (Å²) in [6.07, 6.45) is 1.86. The first-order valence-electron chi connectivity index (χ1n) is 7.27. The van der Waals surface area contributed by atoms with Crippen molar-refractivity contribution in [1.29, 1.82) is 0 Å². The maximum absolute atomic E-state index is 13.4. The molecule has 3 rings (SSSR count). The predicted octanol–water partition coefficient (Wildman–Crippen LogP) is 3.72. The third-order valence-corrected chi connectivity index (χ3v) is 4.08. The largest absolute Gasteiger partial charge is 0.334 e. The summed E-state index contributed by atoms with van der Waals surface area (Å²) in [6, 6.07) is 12.5. The van der Waals surface area contributed by atoms with Gasteiger partial charge in [-0.1, -0.05) is 24.3 Å². The van der Waals surface area contributed by atoms with Crippen LogP contribution in [-0.2, 0) is 13.0 Å². The summed E-state index contributed by atoms with van der Waals surface area (Å²) in [4.78, 5) is 14.5. The standard InChI is InChI=1S/C18H18FNO/c1-13-8-9-16(19)11-15(13)12-20-10-4-6-14-5-2-3-7-17(14)18(20)21/h2-3,5,7-9,11H,4,6,10,12H2,1H3. The van der Waals surface area contributed by atoms with Gasteiger partial charge in [-0.3, -0.25) is 4.79 Å². The first-order chi connectivity index (χ1) is 10.1. The molecule has 1 amide bonds. The lowest BCUT2D eigenvalue weighted by Crippen LogP contribution is -2.30. The van der Waals surface area contributed by atoms with Gasteiger partial charge in [0, 0.05) is 18.7 Å². The average Bonchev–Trinajstić information content (AvgIpc) is 2.64. The molecule has 108 valence electrons. The van der Waals surface area contributed by atoms with Crippen LogP contribution < -0.4 is 0 Å². The fraction of sp³-hybridized carbons (Fsp3) is 0.278. The van der Waals surface area contributed by atoms with Gasteiger partial charge in [-0.2, -0.15) is 0 Å². The Labute approximate surface area is 124 Å². The topological polar surface area (TPSA) is 20.3 Å². The molecule has 0 N–H and O–H groups in total. The number of fused-ring (bicyclic) bond motifs is 1. The molecule has 2 aromatic rings. The highest BCUT2D eigenvalue weighted by molar-refractivity contribution is 5.96. The second-order valence-electron chi connectivity index (χ2n) is 5.56. The number of hydrogen-bond acceptors (Lipinski definition) is 1. The van der Waals surface area contributed by atoms with Crippen molar-refractivity contribution in [2.45, 2.75) is 26.3 Å². The van der Waals surface area contributed by atoms with Crippen LogP contribution in [0.1, 0.15) is 33.5 Å². The zero-order valence-electron chi connectivity index (χ0n) is 12.1. The van der Waals surface area contributed by atoms with E-state index >= 15 is 0 Å². The van der Waals surface area contributed by atoms with Crippen molar-refractivity contribution in [3.63, 3.8) is 0 Å². The maximum atomic E-state index is 13.4. The summed E-state index contributed by atoms with van der Waals surface area (Å²) < 4.78 is 13.4. The highest BCUT2D eigenvalue weighted by Gasteiger charge is 2.22. The zero-order valence-corrected chi connectivity index (χ0v) is 12.1. The first-order valence-corrected chi connectivity index (χ1v) is 7.27. The molecule has 21 heavy (non-hydrogen) atoms. The molecule has 0 fully saturated rings. The number of amides is 1. The summed E-state index contributed by atoms with van der Waals surface area (Å²) in [6.45, 7) is 3.13. The van der Waals surface area contributed by atoms with Crippen LogP contribution in [0.4, 0.5) is 4.39 Å². The van der Waals surface area contributed by atoms with Gasteiger partial charge in [0.05, 0.1) is 0 Å². The number of halogens is 1. The van der Waals surface area contributed by atoms with Crippen molar-refractivity contribution in [1.82, 2.24) is 4.90 Å². The van der Waals surface area contributed by atoms with Crippen LogP contribution >= 0.6 is 0 Å². The SMILES string of the molecule is Cc1ccc(F)cc1CN1CCCc2ccccc2C1=O. The Hall–Kier alpha value is -2.16. The number of rotatable bonds is 2. The van der Waals surface area contributed by atoms with E-state index in [0.29, 0.717) is 13.1 Å². The van der Waals surface area contributed by atoms with Gasteiger partial charge in [0.15, 0.2) is 0 Å². The Morgan fingerprint density at radius 3 is 2.86 bits per heavy atom. The van der Waals surface area contributed by atoms with Crippen molar-refractivity contribution in [2.24, 2.45) is 0 Å². The van der Waals surface area contributed by atoms with Crippen molar-refractivity contribution in [3.05, 3.63) is 70.5 Å². The second kappa shape index (κ2) is 5.68. The van der Waals surface area contributed by atoms with E-state index in [1.54, 1.807) is 6.07 Å². The van der Waals surface area contributed by atoms with Crippen LogP contribution in [0.15, 0.2) is 42.5 Å². The predicted molar refractivity (Wildman–Crippen MR) is 80.6 cm³/mol. The number of aryl methyl sites for hydroxylation is 2. The summed E-state index contributed by atoms with van der Waals surface area (Å²) in [5.41, 5.74) is 3.79. The van der Waals surface area contributed by atoms with E-state index < -0.39 is 0 Å². The van der Waals surface area contributed by atoms with Gasteiger partial charge in [-0.15, -0.1) is 0 Å². The van der Waals surface area contributed by atoms with Crippen molar-refractivity contribution >= 4 is 5.91 Å². The molecule has 2 aromatic carbocycles. The fourth-order valence-corrected chi connectivity index (χ4v) is 2.85. The number of nitrogens with zero attached hydrogens (tertiary/aromatic N) is 1. The smallest absolute Gasteiger partial charge is 0.254 e. The molecule has 0 aromatic heterocycles. The summed E-state index contributed by atoms with van der Waals surface area (Å²) in [5.74, 6) is -0.204. The van der Waals surface area contributed by atoms with Gasteiger partial charge < -0.3 is 4.90 Å². The van der Waals surface area contributed by atoms with E-state index in [-0.39, 0.29) is 11.7 Å². The van der Waals surface area contributed by atoms with Gasteiger partial charge in [0.2, 0.25) is 0 Å². The van der Waals surface area contributed by atoms with E-state index in [1.807, 2.05) is 36.1 Å². The Morgan fingerprint density at radius 1 is 1.19 bits per heavy atom. The van der Waals surface area contributed by atoms with E-state index in [9.17, 15) is 9.18 Å². The maximum Gasteiger partial charge on any atom is 0.254 e. The normalized spacial score (nSPS) is 14.8. The number of carbonyl (C=O) groups excluding carboxylic acids is 1. The molecule has 0 saturated heterocycles. The molecule has 1 aliphatic rings. The zero-order chi connectivity index (χ0) is 14.8. The lowest BCUT2D eigenvalue weighted by Gasteiger charge is -2.22. The summed E-state index contributed by atoms with van der Waals surface area (Å²) >= 11 is 0. The van der Waals surface area contributed by atoms with Gasteiger partial charge >= 0.3 is 0 Å². The molecule has 0 radical (unpaired) electrons. The molecule has 1 heterocycles. The van der Waals surface area contributed by atoms with Crippen LogP contribution in [0.3, 0.4) is 0 Å². The van der Waals surface area contributed by atoms with E-state index in [1.165, 1.54) is 12.1 Å². The highest BCUT2D eigenvalue weighted by Crippen LogP contribution is 2.21. The van der Waals surface area contributed by atoms with Crippen LogP contribution in [0.25, 0.3) is 0 Å². The van der Waals surface area contributed by atoms with Gasteiger partial charge in [0.1, 0.15) is 5.82 Å². The average molecular weight is 283 g/mol. The molecule has 0 saturated carbocycles. The summed E-state index contributed by atoms with van der Waals surface area (Å²) in [5, 5.41) is 0. The number of hydrogen-bond donors (Lipinski definition) is 0. The fourth-order valence-electron chi connectivity index (χ4n) is 2.85. The van der Waals surface area contributed by atoms with Crippen LogP contribution in [-0.4, -0.2) is 17.4 Å². The molecular weight excluding hydrogens is 265 g/mol. The molecule has 0 aliphatic carbocycles. The Bertz CT molecular complexity index is 681. The van der Waals surface area contributed by atoms with E-state index in [0.717, 1.165) is 35.1 Å². The van der Waals surface area contributed by atoms with Gasteiger partial charge in [-0.05, 0) is 54.7 Å². The minimum Gasteiger partial charge on any atom is -0.334 e.